The first-order chi connectivity index (χ1) is 13.7. The van der Waals surface area contributed by atoms with E-state index in [0.717, 1.165) is 34.5 Å². The Kier molecular flexibility index (Phi) is 7.13. The van der Waals surface area contributed by atoms with Gasteiger partial charge in [-0.05, 0) is 25.1 Å². The number of ether oxygens (including phenoxy) is 3. The molecule has 0 bridgehead atoms. The zero-order valence-corrected chi connectivity index (χ0v) is 17.2. The summed E-state index contributed by atoms with van der Waals surface area (Å²) in [5.41, 5.74) is 3.32. The molecule has 0 radical (unpaired) electrons. The third-order valence-electron chi connectivity index (χ3n) is 4.36. The van der Waals surface area contributed by atoms with Gasteiger partial charge in [0.2, 0.25) is 5.16 Å². The molecular weight excluding hydrogens is 378 g/mol. The van der Waals surface area contributed by atoms with Crippen molar-refractivity contribution in [1.29, 1.82) is 0 Å². The van der Waals surface area contributed by atoms with Crippen LogP contribution in [0.4, 0.5) is 0 Å². The number of hydrogen-bond donors (Lipinski definition) is 0. The van der Waals surface area contributed by atoms with Crippen LogP contribution in [0.2, 0.25) is 0 Å². The summed E-state index contributed by atoms with van der Waals surface area (Å²) in [6.07, 6.45) is 2.49. The maximum Gasteiger partial charge on any atom is 0.202 e. The van der Waals surface area contributed by atoms with Gasteiger partial charge in [0.1, 0.15) is 12.5 Å². The third-order valence-corrected chi connectivity index (χ3v) is 5.61. The van der Waals surface area contributed by atoms with Crippen molar-refractivity contribution in [3.63, 3.8) is 0 Å². The summed E-state index contributed by atoms with van der Waals surface area (Å²) >= 11 is 0. The van der Waals surface area contributed by atoms with Crippen molar-refractivity contribution in [2.24, 2.45) is 0 Å². The number of methoxy groups -OCH3 is 2. The van der Waals surface area contributed by atoms with Crippen molar-refractivity contribution in [3.8, 4) is 5.75 Å². The van der Waals surface area contributed by atoms with Crippen molar-refractivity contribution in [1.82, 2.24) is 14.5 Å². The predicted molar refractivity (Wildman–Crippen MR) is 108 cm³/mol. The van der Waals surface area contributed by atoms with Gasteiger partial charge in [-0.3, -0.25) is 13.8 Å². The van der Waals surface area contributed by atoms with Crippen LogP contribution in [0.1, 0.15) is 17.7 Å². The molecule has 0 saturated heterocycles. The Bertz CT molecular complexity index is 958. The van der Waals surface area contributed by atoms with Crippen molar-refractivity contribution in [3.05, 3.63) is 47.8 Å². The van der Waals surface area contributed by atoms with Gasteiger partial charge < -0.3 is 14.2 Å². The molecule has 0 aliphatic carbocycles. The zero-order valence-electron chi connectivity index (χ0n) is 16.4. The first-order valence-electron chi connectivity index (χ1n) is 9.04. The molecule has 7 nitrogen and oxygen atoms in total. The molecule has 2 aromatic heterocycles. The Morgan fingerprint density at radius 3 is 2.71 bits per heavy atom. The average Bonchev–Trinajstić information content (AvgIpc) is 3.07. The lowest BCUT2D eigenvalue weighted by molar-refractivity contribution is 0.127. The van der Waals surface area contributed by atoms with Crippen LogP contribution in [0.3, 0.4) is 0 Å². The minimum Gasteiger partial charge on any atom is -0.493 e. The summed E-state index contributed by atoms with van der Waals surface area (Å²) in [6.45, 7) is 3.43. The highest BCUT2D eigenvalue weighted by Gasteiger charge is 2.19. The minimum atomic E-state index is -1.37. The third kappa shape index (κ3) is 4.57. The van der Waals surface area contributed by atoms with E-state index < -0.39 is 10.8 Å². The molecule has 0 unspecified atom stereocenters. The fourth-order valence-electron chi connectivity index (χ4n) is 2.92. The van der Waals surface area contributed by atoms with E-state index in [0.29, 0.717) is 18.4 Å². The zero-order chi connectivity index (χ0) is 19.9. The minimum absolute atomic E-state index is 0.258. The van der Waals surface area contributed by atoms with Crippen molar-refractivity contribution in [2.45, 2.75) is 31.0 Å². The molecule has 2 heterocycles. The van der Waals surface area contributed by atoms with Crippen LogP contribution in [-0.4, -0.2) is 46.2 Å². The van der Waals surface area contributed by atoms with Crippen LogP contribution in [0.5, 0.6) is 5.75 Å². The highest BCUT2D eigenvalue weighted by Crippen LogP contribution is 2.24. The molecule has 150 valence electrons. The lowest BCUT2D eigenvalue weighted by atomic mass is 10.2. The maximum atomic E-state index is 13.1. The van der Waals surface area contributed by atoms with E-state index in [1.807, 2.05) is 41.8 Å². The number of imidazole rings is 1. The van der Waals surface area contributed by atoms with Crippen LogP contribution >= 0.6 is 0 Å². The molecular formula is C20H25N3O4S. The second kappa shape index (κ2) is 9.77. The smallest absolute Gasteiger partial charge is 0.202 e. The van der Waals surface area contributed by atoms with E-state index >= 15 is 0 Å². The molecule has 0 fully saturated rings. The van der Waals surface area contributed by atoms with Crippen LogP contribution in [0, 0.1) is 6.92 Å². The fourth-order valence-corrected chi connectivity index (χ4v) is 4.18. The first-order valence-corrected chi connectivity index (χ1v) is 10.4. The molecule has 1 aromatic carbocycles. The van der Waals surface area contributed by atoms with E-state index in [2.05, 4.69) is 9.97 Å². The molecule has 0 amide bonds. The summed E-state index contributed by atoms with van der Waals surface area (Å²) < 4.78 is 31.1. The number of para-hydroxylation sites is 2. The van der Waals surface area contributed by atoms with E-state index in [4.69, 9.17) is 14.2 Å². The van der Waals surface area contributed by atoms with Gasteiger partial charge in [0.05, 0.1) is 39.9 Å². The Morgan fingerprint density at radius 2 is 1.93 bits per heavy atom. The van der Waals surface area contributed by atoms with E-state index in [-0.39, 0.29) is 12.5 Å². The molecule has 3 rings (SSSR count). The van der Waals surface area contributed by atoms with Crippen LogP contribution in [0.25, 0.3) is 11.0 Å². The highest BCUT2D eigenvalue weighted by molar-refractivity contribution is 7.84. The maximum absolute atomic E-state index is 13.1. The van der Waals surface area contributed by atoms with Crippen molar-refractivity contribution < 1.29 is 18.4 Å². The van der Waals surface area contributed by atoms with Crippen molar-refractivity contribution in [2.75, 3.05) is 27.4 Å². The topological polar surface area (TPSA) is 75.5 Å². The summed E-state index contributed by atoms with van der Waals surface area (Å²) in [6, 6.07) is 9.52. The Labute approximate surface area is 167 Å². The summed E-state index contributed by atoms with van der Waals surface area (Å²) in [7, 11) is 1.90. The molecule has 0 saturated carbocycles. The number of rotatable bonds is 10. The normalized spacial score (nSPS) is 12.4. The molecule has 0 aliphatic heterocycles. The molecule has 0 aliphatic rings. The van der Waals surface area contributed by atoms with Gasteiger partial charge in [-0.1, -0.05) is 12.1 Å². The van der Waals surface area contributed by atoms with Crippen LogP contribution < -0.4 is 4.74 Å². The van der Waals surface area contributed by atoms with Gasteiger partial charge in [-0.2, -0.15) is 0 Å². The molecule has 8 heteroatoms. The quantitative estimate of drug-likeness (QED) is 0.484. The molecule has 1 atom stereocenters. The summed E-state index contributed by atoms with van der Waals surface area (Å²) in [5, 5.41) is 0.482. The van der Waals surface area contributed by atoms with Gasteiger partial charge in [0, 0.05) is 39.0 Å². The van der Waals surface area contributed by atoms with E-state index in [1.54, 1.807) is 20.4 Å². The monoisotopic (exact) mass is 403 g/mol. The van der Waals surface area contributed by atoms with Gasteiger partial charge >= 0.3 is 0 Å². The lowest BCUT2D eigenvalue weighted by Gasteiger charge is -2.12. The summed E-state index contributed by atoms with van der Waals surface area (Å²) in [4.78, 5) is 8.97. The molecule has 3 aromatic rings. The highest BCUT2D eigenvalue weighted by atomic mass is 32.2. The predicted octanol–water partition coefficient (Wildman–Crippen LogP) is 3.07. The van der Waals surface area contributed by atoms with Gasteiger partial charge in [0.15, 0.2) is 0 Å². The molecule has 0 N–H and O–H groups in total. The Hall–Kier alpha value is -2.29. The van der Waals surface area contributed by atoms with Gasteiger partial charge in [-0.25, -0.2) is 4.98 Å². The number of pyridine rings is 1. The first kappa shape index (κ1) is 20.4. The van der Waals surface area contributed by atoms with Crippen LogP contribution in [-0.2, 0) is 32.8 Å². The number of hydrogen-bond acceptors (Lipinski definition) is 6. The Morgan fingerprint density at radius 1 is 1.11 bits per heavy atom. The molecule has 0 spiro atoms. The number of nitrogens with zero attached hydrogens (tertiary/aromatic N) is 3. The lowest BCUT2D eigenvalue weighted by Crippen LogP contribution is -2.11. The largest absolute Gasteiger partial charge is 0.493 e. The average molecular weight is 404 g/mol. The standard InChI is InChI=1S/C20H25N3O4S/c1-15-17(21-10-9-19(15)27-12-6-11-25-2)13-28(24)20-22-16-7-4-5-8-18(16)23(20)14-26-3/h4-5,7-10H,6,11-14H2,1-3H3/t28-/m0/s1. The number of aromatic nitrogens is 3. The van der Waals surface area contributed by atoms with Gasteiger partial charge in [0.25, 0.3) is 0 Å². The van der Waals surface area contributed by atoms with Gasteiger partial charge in [-0.15, -0.1) is 0 Å². The second-order valence-electron chi connectivity index (χ2n) is 6.29. The SMILES string of the molecule is COCCCOc1ccnc(C[S@](=O)c2nc3ccccc3n2COC)c1C. The fraction of sp³-hybridized carbons (Fsp3) is 0.400. The van der Waals surface area contributed by atoms with Crippen molar-refractivity contribution >= 4 is 21.8 Å². The Balaban J connectivity index is 1.81. The second-order valence-corrected chi connectivity index (χ2v) is 7.64. The number of benzene rings is 1. The van der Waals surface area contributed by atoms with E-state index in [9.17, 15) is 4.21 Å². The number of fused-ring (bicyclic) bond motifs is 1. The summed E-state index contributed by atoms with van der Waals surface area (Å²) in [5.74, 6) is 1.01. The van der Waals surface area contributed by atoms with E-state index in [1.165, 1.54) is 0 Å². The molecule has 28 heavy (non-hydrogen) atoms. The van der Waals surface area contributed by atoms with Crippen LogP contribution in [0.15, 0.2) is 41.7 Å².